The van der Waals surface area contributed by atoms with Gasteiger partial charge in [0.15, 0.2) is 0 Å². The normalized spacial score (nSPS) is 12.4. The fourth-order valence-corrected chi connectivity index (χ4v) is 2.58. The van der Waals surface area contributed by atoms with Crippen molar-refractivity contribution in [3.8, 4) is 0 Å². The minimum Gasteiger partial charge on any atom is -0.327 e. The van der Waals surface area contributed by atoms with E-state index in [-0.39, 0.29) is 11.9 Å². The Kier molecular flexibility index (Phi) is 5.28. The molecule has 0 aliphatic carbocycles. The summed E-state index contributed by atoms with van der Waals surface area (Å²) in [7, 11) is 0. The molecule has 1 nitrogen and oxygen atoms in total. The Morgan fingerprint density at radius 1 is 0.900 bits per heavy atom. The molecular weight excluding hydrogens is 320 g/mol. The monoisotopic (exact) mass is 331 g/mol. The molecule has 0 aliphatic heterocycles. The molecule has 1 unspecified atom stereocenters. The first-order valence-corrected chi connectivity index (χ1v) is 7.22. The summed E-state index contributed by atoms with van der Waals surface area (Å²) in [6.45, 7) is 0. The third-order valence-corrected chi connectivity index (χ3v) is 4.07. The highest BCUT2D eigenvalue weighted by molar-refractivity contribution is 6.42. The molecule has 0 amide bonds. The maximum Gasteiger partial charge on any atom is 0.124 e. The van der Waals surface area contributed by atoms with E-state index in [9.17, 15) is 4.39 Å². The summed E-state index contributed by atoms with van der Waals surface area (Å²) in [4.78, 5) is 0. The van der Waals surface area contributed by atoms with Gasteiger partial charge in [0.1, 0.15) is 5.82 Å². The molecule has 0 aliphatic rings. The molecule has 1 atom stereocenters. The number of hydrogen-bond acceptors (Lipinski definition) is 1. The molecule has 0 radical (unpaired) electrons. The van der Waals surface area contributed by atoms with Gasteiger partial charge >= 0.3 is 0 Å². The Bertz CT molecular complexity index is 616. The number of halogens is 4. The number of nitrogens with two attached hydrogens (primary N) is 1. The van der Waals surface area contributed by atoms with Crippen LogP contribution in [-0.2, 0) is 12.8 Å². The molecule has 2 aromatic rings. The van der Waals surface area contributed by atoms with Crippen molar-refractivity contribution in [3.63, 3.8) is 0 Å². The lowest BCUT2D eigenvalue weighted by molar-refractivity contribution is 0.623. The largest absolute Gasteiger partial charge is 0.327 e. The van der Waals surface area contributed by atoms with Gasteiger partial charge in [-0.1, -0.05) is 46.9 Å². The Morgan fingerprint density at radius 3 is 2.30 bits per heavy atom. The molecule has 0 fully saturated rings. The highest BCUT2D eigenvalue weighted by Gasteiger charge is 2.10. The Balaban J connectivity index is 2.04. The molecule has 2 rings (SSSR count). The average Bonchev–Trinajstić information content (AvgIpc) is 2.37. The van der Waals surface area contributed by atoms with Crippen LogP contribution >= 0.6 is 34.8 Å². The van der Waals surface area contributed by atoms with Gasteiger partial charge in [0, 0.05) is 11.1 Å². The lowest BCUT2D eigenvalue weighted by Crippen LogP contribution is -2.25. The van der Waals surface area contributed by atoms with Crippen LogP contribution in [0.2, 0.25) is 15.1 Å². The van der Waals surface area contributed by atoms with Gasteiger partial charge in [0.25, 0.3) is 0 Å². The van der Waals surface area contributed by atoms with Crippen LogP contribution < -0.4 is 5.73 Å². The summed E-state index contributed by atoms with van der Waals surface area (Å²) in [6.07, 6.45) is 1.21. The maximum atomic E-state index is 13.0. The van der Waals surface area contributed by atoms with Crippen LogP contribution in [0.3, 0.4) is 0 Å². The summed E-state index contributed by atoms with van der Waals surface area (Å²) in [5.41, 5.74) is 7.94. The lowest BCUT2D eigenvalue weighted by Gasteiger charge is -2.13. The average molecular weight is 333 g/mol. The second-order valence-corrected chi connectivity index (χ2v) is 5.87. The maximum absolute atomic E-state index is 13.0. The van der Waals surface area contributed by atoms with Gasteiger partial charge in [0.05, 0.1) is 10.0 Å². The van der Waals surface area contributed by atoms with Crippen LogP contribution in [0.5, 0.6) is 0 Å². The minimum atomic E-state index is -0.350. The summed E-state index contributed by atoms with van der Waals surface area (Å²) < 4.78 is 13.0. The fourth-order valence-electron chi connectivity index (χ4n) is 2.01. The van der Waals surface area contributed by atoms with Gasteiger partial charge in [0.2, 0.25) is 0 Å². The van der Waals surface area contributed by atoms with E-state index in [1.54, 1.807) is 18.2 Å². The summed E-state index contributed by atoms with van der Waals surface area (Å²) in [6, 6.07) is 9.64. The SMILES string of the molecule is NC(Cc1ccc(Cl)c(Cl)c1)Cc1ccc(F)cc1Cl. The van der Waals surface area contributed by atoms with E-state index < -0.39 is 0 Å². The zero-order chi connectivity index (χ0) is 14.7. The zero-order valence-electron chi connectivity index (χ0n) is 10.5. The second kappa shape index (κ2) is 6.77. The molecule has 0 bridgehead atoms. The van der Waals surface area contributed by atoms with Crippen molar-refractivity contribution in [2.45, 2.75) is 18.9 Å². The molecule has 0 heterocycles. The first kappa shape index (κ1) is 15.6. The van der Waals surface area contributed by atoms with E-state index in [0.717, 1.165) is 11.1 Å². The van der Waals surface area contributed by atoms with Crippen molar-refractivity contribution in [3.05, 3.63) is 68.4 Å². The summed E-state index contributed by atoms with van der Waals surface area (Å²) >= 11 is 17.8. The number of benzene rings is 2. The smallest absolute Gasteiger partial charge is 0.124 e. The lowest BCUT2D eigenvalue weighted by atomic mass is 10.00. The van der Waals surface area contributed by atoms with E-state index in [4.69, 9.17) is 40.5 Å². The minimum absolute atomic E-state index is 0.129. The van der Waals surface area contributed by atoms with Gasteiger partial charge in [-0.05, 0) is 48.2 Å². The topological polar surface area (TPSA) is 26.0 Å². The third kappa shape index (κ3) is 4.10. The molecule has 2 aromatic carbocycles. The second-order valence-electron chi connectivity index (χ2n) is 4.65. The molecule has 20 heavy (non-hydrogen) atoms. The third-order valence-electron chi connectivity index (χ3n) is 2.98. The molecule has 5 heteroatoms. The quantitative estimate of drug-likeness (QED) is 0.847. The Labute approximate surface area is 132 Å². The van der Waals surface area contributed by atoms with Crippen molar-refractivity contribution in [2.75, 3.05) is 0 Å². The van der Waals surface area contributed by atoms with E-state index in [1.807, 2.05) is 6.07 Å². The predicted molar refractivity (Wildman–Crippen MR) is 83.3 cm³/mol. The van der Waals surface area contributed by atoms with Crippen LogP contribution in [0.25, 0.3) is 0 Å². The molecule has 2 N–H and O–H groups in total. The van der Waals surface area contributed by atoms with Crippen LogP contribution in [0, 0.1) is 5.82 Å². The standard InChI is InChI=1S/C15H13Cl3FN/c16-13-4-1-9(6-15(13)18)5-12(20)7-10-2-3-11(19)8-14(10)17/h1-4,6,8,12H,5,7,20H2. The Hall–Kier alpha value is -0.800. The Morgan fingerprint density at radius 2 is 1.65 bits per heavy atom. The first-order valence-electron chi connectivity index (χ1n) is 6.09. The fraction of sp³-hybridized carbons (Fsp3) is 0.200. The van der Waals surface area contributed by atoms with Gasteiger partial charge in [-0.2, -0.15) is 0 Å². The molecule has 0 saturated heterocycles. The van der Waals surface area contributed by atoms with Gasteiger partial charge in [-0.15, -0.1) is 0 Å². The molecule has 0 spiro atoms. The predicted octanol–water partition coefficient (Wildman–Crippen LogP) is 4.90. The van der Waals surface area contributed by atoms with E-state index in [1.165, 1.54) is 12.1 Å². The summed E-state index contributed by atoms with van der Waals surface area (Å²) in [5, 5.41) is 1.43. The highest BCUT2D eigenvalue weighted by Crippen LogP contribution is 2.24. The van der Waals surface area contributed by atoms with E-state index in [0.29, 0.717) is 27.9 Å². The van der Waals surface area contributed by atoms with Crippen LogP contribution in [-0.4, -0.2) is 6.04 Å². The zero-order valence-corrected chi connectivity index (χ0v) is 12.8. The van der Waals surface area contributed by atoms with E-state index in [2.05, 4.69) is 0 Å². The van der Waals surface area contributed by atoms with Crippen molar-refractivity contribution < 1.29 is 4.39 Å². The summed E-state index contributed by atoms with van der Waals surface area (Å²) in [5.74, 6) is -0.350. The van der Waals surface area contributed by atoms with E-state index >= 15 is 0 Å². The van der Waals surface area contributed by atoms with Gasteiger partial charge < -0.3 is 5.73 Å². The van der Waals surface area contributed by atoms with Crippen molar-refractivity contribution in [1.29, 1.82) is 0 Å². The first-order chi connectivity index (χ1) is 9.45. The van der Waals surface area contributed by atoms with Gasteiger partial charge in [-0.3, -0.25) is 0 Å². The van der Waals surface area contributed by atoms with Crippen LogP contribution in [0.15, 0.2) is 36.4 Å². The number of hydrogen-bond donors (Lipinski definition) is 1. The van der Waals surface area contributed by atoms with Crippen molar-refractivity contribution in [1.82, 2.24) is 0 Å². The van der Waals surface area contributed by atoms with Crippen molar-refractivity contribution in [2.24, 2.45) is 5.73 Å². The number of rotatable bonds is 4. The highest BCUT2D eigenvalue weighted by atomic mass is 35.5. The molecule has 0 aromatic heterocycles. The van der Waals surface area contributed by atoms with Crippen molar-refractivity contribution >= 4 is 34.8 Å². The molecular formula is C15H13Cl3FN. The van der Waals surface area contributed by atoms with Gasteiger partial charge in [-0.25, -0.2) is 4.39 Å². The molecule has 0 saturated carbocycles. The molecule has 106 valence electrons. The van der Waals surface area contributed by atoms with Crippen LogP contribution in [0.4, 0.5) is 4.39 Å². The van der Waals surface area contributed by atoms with Crippen LogP contribution in [0.1, 0.15) is 11.1 Å².